The summed E-state index contributed by atoms with van der Waals surface area (Å²) in [5.74, 6) is 0. The second-order valence-corrected chi connectivity index (χ2v) is 0.947. The van der Waals surface area contributed by atoms with Gasteiger partial charge < -0.3 is 10.6 Å². The SMILES string of the molecule is CNC.C[N-]C.[W]. The summed E-state index contributed by atoms with van der Waals surface area (Å²) in [7, 11) is 7.25. The average molecular weight is 273 g/mol. The Bertz CT molecular complexity index is 11.7. The minimum atomic E-state index is 0. The van der Waals surface area contributed by atoms with Crippen LogP contribution in [0, 0.1) is 0 Å². The van der Waals surface area contributed by atoms with Gasteiger partial charge in [0.1, 0.15) is 0 Å². The molecule has 0 aromatic heterocycles. The van der Waals surface area contributed by atoms with Crippen molar-refractivity contribution in [2.24, 2.45) is 0 Å². The number of rotatable bonds is 0. The van der Waals surface area contributed by atoms with Gasteiger partial charge in [-0.05, 0) is 14.1 Å². The zero-order valence-corrected chi connectivity index (χ0v) is 8.29. The molecule has 0 aliphatic rings. The third-order valence-corrected chi connectivity index (χ3v) is 0. The summed E-state index contributed by atoms with van der Waals surface area (Å²) in [5.41, 5.74) is 0. The summed E-state index contributed by atoms with van der Waals surface area (Å²) in [6.45, 7) is 0. The van der Waals surface area contributed by atoms with Crippen LogP contribution in [0.3, 0.4) is 0 Å². The van der Waals surface area contributed by atoms with Crippen LogP contribution in [0.2, 0.25) is 0 Å². The quantitative estimate of drug-likeness (QED) is 0.681. The molecule has 0 saturated heterocycles. The fraction of sp³-hybridized carbons (Fsp3) is 1.00. The number of hydrogen-bond acceptors (Lipinski definition) is 1. The van der Waals surface area contributed by atoms with Crippen LogP contribution in [-0.4, -0.2) is 28.2 Å². The third kappa shape index (κ3) is 379. The Morgan fingerprint density at radius 2 is 1.14 bits per heavy atom. The van der Waals surface area contributed by atoms with Gasteiger partial charge in [0.25, 0.3) is 0 Å². The second-order valence-electron chi connectivity index (χ2n) is 0.947. The molecule has 46 valence electrons. The molecule has 0 heterocycles. The van der Waals surface area contributed by atoms with Crippen molar-refractivity contribution < 1.29 is 21.1 Å². The summed E-state index contributed by atoms with van der Waals surface area (Å²) in [4.78, 5) is 0. The van der Waals surface area contributed by atoms with E-state index >= 15 is 0 Å². The normalized spacial score (nSPS) is 5.14. The van der Waals surface area contributed by atoms with Crippen molar-refractivity contribution in [2.45, 2.75) is 0 Å². The van der Waals surface area contributed by atoms with Crippen LogP contribution in [0.5, 0.6) is 0 Å². The van der Waals surface area contributed by atoms with Gasteiger partial charge in [0.15, 0.2) is 0 Å². The minimum Gasteiger partial charge on any atom is -0.668 e. The molecule has 0 radical (unpaired) electrons. The van der Waals surface area contributed by atoms with Crippen molar-refractivity contribution in [3.8, 4) is 0 Å². The Morgan fingerprint density at radius 3 is 1.14 bits per heavy atom. The summed E-state index contributed by atoms with van der Waals surface area (Å²) < 4.78 is 0. The average Bonchev–Trinajstić information content (AvgIpc) is 1.39. The van der Waals surface area contributed by atoms with Crippen molar-refractivity contribution >= 4 is 0 Å². The van der Waals surface area contributed by atoms with Gasteiger partial charge >= 0.3 is 0 Å². The molecular formula is C4H13N2W-. The van der Waals surface area contributed by atoms with Gasteiger partial charge in [-0.3, -0.25) is 0 Å². The van der Waals surface area contributed by atoms with E-state index in [4.69, 9.17) is 0 Å². The number of nitrogens with zero attached hydrogens (tertiary/aromatic N) is 1. The Labute approximate surface area is 60.3 Å². The van der Waals surface area contributed by atoms with Gasteiger partial charge in [0.05, 0.1) is 0 Å². The molecule has 0 aliphatic carbocycles. The summed E-state index contributed by atoms with van der Waals surface area (Å²) in [6.07, 6.45) is 0. The van der Waals surface area contributed by atoms with E-state index in [1.165, 1.54) is 0 Å². The fourth-order valence-corrected chi connectivity index (χ4v) is 0. The third-order valence-electron chi connectivity index (χ3n) is 0. The molecule has 0 spiro atoms. The van der Waals surface area contributed by atoms with Crippen molar-refractivity contribution in [3.05, 3.63) is 5.32 Å². The summed E-state index contributed by atoms with van der Waals surface area (Å²) >= 11 is 0. The van der Waals surface area contributed by atoms with Crippen LogP contribution in [-0.2, 0) is 21.1 Å². The molecule has 0 bridgehead atoms. The molecule has 0 aliphatic heterocycles. The van der Waals surface area contributed by atoms with E-state index < -0.39 is 0 Å². The Hall–Kier alpha value is 0.608. The van der Waals surface area contributed by atoms with Gasteiger partial charge in [-0.2, -0.15) is 14.1 Å². The molecule has 2 nitrogen and oxygen atoms in total. The minimum absolute atomic E-state index is 0. The number of nitrogens with one attached hydrogen (secondary N) is 1. The predicted molar refractivity (Wildman–Crippen MR) is 30.2 cm³/mol. The first kappa shape index (κ1) is 15.6. The first-order chi connectivity index (χ1) is 2.83. The molecule has 3 heteroatoms. The van der Waals surface area contributed by atoms with Gasteiger partial charge in [0, 0.05) is 21.1 Å². The second kappa shape index (κ2) is 30.6. The standard InChI is InChI=1S/C2H7N.C2H6N.W/c2*1-3-2;/h3H,1-2H3;1-2H3;/q;-1;. The maximum absolute atomic E-state index is 3.50. The zero-order valence-electron chi connectivity index (χ0n) is 5.36. The van der Waals surface area contributed by atoms with E-state index in [1.54, 1.807) is 14.1 Å². The molecule has 0 aromatic carbocycles. The van der Waals surface area contributed by atoms with Crippen LogP contribution in [0.25, 0.3) is 5.32 Å². The van der Waals surface area contributed by atoms with Gasteiger partial charge in [0.2, 0.25) is 0 Å². The zero-order chi connectivity index (χ0) is 5.41. The molecule has 0 amide bonds. The van der Waals surface area contributed by atoms with Crippen LogP contribution < -0.4 is 5.32 Å². The fourth-order valence-electron chi connectivity index (χ4n) is 0. The van der Waals surface area contributed by atoms with E-state index in [-0.39, 0.29) is 21.1 Å². The van der Waals surface area contributed by atoms with Crippen molar-refractivity contribution in [2.75, 3.05) is 28.2 Å². The maximum Gasteiger partial charge on any atom is 0 e. The summed E-state index contributed by atoms with van der Waals surface area (Å²) in [6, 6.07) is 0. The van der Waals surface area contributed by atoms with Crippen LogP contribution in [0.15, 0.2) is 0 Å². The van der Waals surface area contributed by atoms with Crippen LogP contribution >= 0.6 is 0 Å². The molecule has 1 N–H and O–H groups in total. The molecule has 0 atom stereocenters. The van der Waals surface area contributed by atoms with E-state index in [2.05, 4.69) is 10.6 Å². The van der Waals surface area contributed by atoms with Crippen molar-refractivity contribution in [3.63, 3.8) is 0 Å². The predicted octanol–water partition coefficient (Wildman–Crippen LogP) is 0.453. The van der Waals surface area contributed by atoms with Crippen molar-refractivity contribution in [1.29, 1.82) is 0 Å². The summed E-state index contributed by atoms with van der Waals surface area (Å²) in [5, 5.41) is 6.25. The monoisotopic (exact) mass is 273 g/mol. The molecule has 0 rings (SSSR count). The molecular weight excluding hydrogens is 260 g/mol. The molecule has 0 saturated carbocycles. The van der Waals surface area contributed by atoms with E-state index in [1.807, 2.05) is 14.1 Å². The first-order valence-corrected chi connectivity index (χ1v) is 1.89. The van der Waals surface area contributed by atoms with Gasteiger partial charge in [-0.15, -0.1) is 0 Å². The van der Waals surface area contributed by atoms with Crippen molar-refractivity contribution in [1.82, 2.24) is 5.32 Å². The molecule has 0 aromatic rings. The molecule has 0 fully saturated rings. The number of hydrogen-bond donors (Lipinski definition) is 1. The topological polar surface area (TPSA) is 26.1 Å². The van der Waals surface area contributed by atoms with E-state index in [0.717, 1.165) is 0 Å². The van der Waals surface area contributed by atoms with Crippen LogP contribution in [0.1, 0.15) is 0 Å². The van der Waals surface area contributed by atoms with Crippen LogP contribution in [0.4, 0.5) is 0 Å². The van der Waals surface area contributed by atoms with E-state index in [0.29, 0.717) is 0 Å². The molecule has 0 unspecified atom stereocenters. The van der Waals surface area contributed by atoms with Gasteiger partial charge in [-0.25, -0.2) is 0 Å². The van der Waals surface area contributed by atoms with Gasteiger partial charge in [-0.1, -0.05) is 0 Å². The largest absolute Gasteiger partial charge is 0.668 e. The first-order valence-electron chi connectivity index (χ1n) is 1.89. The Morgan fingerprint density at radius 1 is 1.14 bits per heavy atom. The molecule has 7 heavy (non-hydrogen) atoms. The Balaban J connectivity index is -0.0000000400. The Kier molecular flexibility index (Phi) is 68.3. The van der Waals surface area contributed by atoms with E-state index in [9.17, 15) is 0 Å². The maximum atomic E-state index is 3.50. The smallest absolute Gasteiger partial charge is 0 e.